The first-order valence-electron chi connectivity index (χ1n) is 17.3. The van der Waals surface area contributed by atoms with Crippen LogP contribution in [0.5, 0.6) is 5.75 Å². The monoisotopic (exact) mass is 618 g/mol. The van der Waals surface area contributed by atoms with Gasteiger partial charge in [-0.05, 0) is 121 Å². The smallest absolute Gasteiger partial charge is 0.310 e. The average molecular weight is 619 g/mol. The van der Waals surface area contributed by atoms with Crippen molar-refractivity contribution in [3.8, 4) is 5.75 Å². The number of phenols is 1. The number of aliphatic carboxylic acids is 1. The van der Waals surface area contributed by atoms with Crippen molar-refractivity contribution in [2.24, 2.45) is 56.7 Å². The molecule has 1 aromatic carbocycles. The summed E-state index contributed by atoms with van der Waals surface area (Å²) in [6, 6.07) is 6.51. The first-order chi connectivity index (χ1) is 20.9. The molecule has 0 radical (unpaired) electrons. The molecule has 0 saturated heterocycles. The third-order valence-electron chi connectivity index (χ3n) is 15.3. The van der Waals surface area contributed by atoms with Crippen molar-refractivity contribution >= 4 is 17.8 Å². The van der Waals surface area contributed by atoms with Gasteiger partial charge in [-0.1, -0.05) is 78.3 Å². The number of carbonyl (C=O) groups is 2. The molecule has 246 valence electrons. The molecular formula is C39H54O6. The summed E-state index contributed by atoms with van der Waals surface area (Å²) in [5.41, 5.74) is -1.97. The molecule has 0 amide bonds. The maximum Gasteiger partial charge on any atom is 0.310 e. The second-order valence-corrected chi connectivity index (χ2v) is 17.1. The van der Waals surface area contributed by atoms with E-state index in [1.165, 1.54) is 11.6 Å². The van der Waals surface area contributed by atoms with E-state index in [0.717, 1.165) is 44.1 Å². The van der Waals surface area contributed by atoms with Crippen molar-refractivity contribution in [2.45, 2.75) is 112 Å². The van der Waals surface area contributed by atoms with E-state index in [4.69, 9.17) is 0 Å². The number of carboxylic acid groups (broad SMARTS) is 1. The minimum Gasteiger partial charge on any atom is -0.508 e. The second-order valence-electron chi connectivity index (χ2n) is 17.1. The van der Waals surface area contributed by atoms with Crippen LogP contribution in [-0.2, 0) is 9.59 Å². The third-order valence-corrected chi connectivity index (χ3v) is 15.3. The number of carbonyl (C=O) groups excluding carboxylic acids is 1. The van der Waals surface area contributed by atoms with Crippen LogP contribution in [0, 0.1) is 56.7 Å². The molecule has 6 nitrogen and oxygen atoms in total. The summed E-state index contributed by atoms with van der Waals surface area (Å²) >= 11 is 0. The number of hydrogen-bond donors (Lipinski definition) is 4. The number of aliphatic hydroxyl groups excluding tert-OH is 1. The summed E-state index contributed by atoms with van der Waals surface area (Å²) in [5.74, 6) is 0.0915. The third kappa shape index (κ3) is 4.13. The topological polar surface area (TPSA) is 115 Å². The number of hydrogen-bond acceptors (Lipinski definition) is 5. The Hall–Kier alpha value is -2.44. The minimum atomic E-state index is -1.93. The molecule has 6 heteroatoms. The molecule has 6 rings (SSSR count). The van der Waals surface area contributed by atoms with E-state index in [1.807, 2.05) is 13.8 Å². The van der Waals surface area contributed by atoms with Gasteiger partial charge in [-0.2, -0.15) is 0 Å². The molecule has 5 aliphatic carbocycles. The normalized spacial score (nSPS) is 47.1. The molecule has 1 aromatic rings. The number of fused-ring (bicyclic) bond motifs is 7. The van der Waals surface area contributed by atoms with Gasteiger partial charge in [0.2, 0.25) is 0 Å². The van der Waals surface area contributed by atoms with Gasteiger partial charge in [-0.3, -0.25) is 9.59 Å². The Morgan fingerprint density at radius 2 is 1.58 bits per heavy atom. The molecule has 0 aromatic heterocycles. The van der Waals surface area contributed by atoms with E-state index in [1.54, 1.807) is 30.3 Å². The Morgan fingerprint density at radius 1 is 0.911 bits per heavy atom. The number of aromatic hydroxyl groups is 1. The lowest BCUT2D eigenvalue weighted by Gasteiger charge is -2.72. The summed E-state index contributed by atoms with van der Waals surface area (Å²) in [5, 5.41) is 44.3. The fraction of sp³-hybridized carbons (Fsp3) is 0.692. The average Bonchev–Trinajstić information content (AvgIpc) is 2.97. The van der Waals surface area contributed by atoms with Gasteiger partial charge in [-0.25, -0.2) is 0 Å². The standard InChI is InChI=1S/C39H54O6/c1-23-16-19-38(33(43)44)21-20-36(6)27(32(38)24(23)2)13-14-29-35(5)22-31(42)39(45,34(3,4)28(35)17-18-37(29,36)7)30(41)15-10-25-8-11-26(40)12-9-25/h8-13,15,23-24,28-29,31-32,40,42,45H,14,16-22H2,1-7H3,(H,43,44)/t23-,24+,28?,29-,31?,32+,35+,36-,37-,38+,39+/m1/s1. The SMILES string of the molecule is C[C@H]1[C@H](C)CC[C@]2(C(=O)O)CC[C@]3(C)C(=CC[C@@H]4[C@@]5(C)CC(O)[C@@](O)(C(=O)C=Cc6ccc(O)cc6)C(C)(C)C5CC[C@]43C)[C@H]12. The molecule has 5 aliphatic rings. The Labute approximate surface area is 269 Å². The number of carboxylic acids is 1. The molecule has 0 heterocycles. The quantitative estimate of drug-likeness (QED) is 0.206. The minimum absolute atomic E-state index is 0.0105. The predicted molar refractivity (Wildman–Crippen MR) is 175 cm³/mol. The van der Waals surface area contributed by atoms with Crippen molar-refractivity contribution < 1.29 is 30.0 Å². The van der Waals surface area contributed by atoms with Gasteiger partial charge in [0, 0.05) is 5.41 Å². The second kappa shape index (κ2) is 10.3. The number of aliphatic hydroxyl groups is 2. The van der Waals surface area contributed by atoms with Crippen LogP contribution in [0.15, 0.2) is 42.0 Å². The molecule has 4 fully saturated rings. The van der Waals surface area contributed by atoms with Gasteiger partial charge in [-0.15, -0.1) is 0 Å². The predicted octanol–water partition coefficient (Wildman–Crippen LogP) is 7.42. The molecular weight excluding hydrogens is 564 g/mol. The maximum atomic E-state index is 13.8. The zero-order chi connectivity index (χ0) is 33.0. The van der Waals surface area contributed by atoms with Gasteiger partial charge in [0.05, 0.1) is 11.5 Å². The van der Waals surface area contributed by atoms with E-state index in [-0.39, 0.29) is 39.7 Å². The summed E-state index contributed by atoms with van der Waals surface area (Å²) in [4.78, 5) is 26.8. The summed E-state index contributed by atoms with van der Waals surface area (Å²) < 4.78 is 0. The molecule has 45 heavy (non-hydrogen) atoms. The fourth-order valence-electron chi connectivity index (χ4n) is 12.3. The van der Waals surface area contributed by atoms with Crippen molar-refractivity contribution in [2.75, 3.05) is 0 Å². The molecule has 0 bridgehead atoms. The largest absolute Gasteiger partial charge is 0.508 e. The van der Waals surface area contributed by atoms with Gasteiger partial charge in [0.25, 0.3) is 0 Å². The number of benzene rings is 1. The molecule has 4 N–H and O–H groups in total. The van der Waals surface area contributed by atoms with Crippen LogP contribution in [0.2, 0.25) is 0 Å². The van der Waals surface area contributed by atoms with Crippen LogP contribution in [0.4, 0.5) is 0 Å². The first-order valence-corrected chi connectivity index (χ1v) is 17.3. The van der Waals surface area contributed by atoms with Crippen LogP contribution in [-0.4, -0.2) is 43.9 Å². The number of rotatable bonds is 4. The van der Waals surface area contributed by atoms with E-state index in [2.05, 4.69) is 40.7 Å². The Morgan fingerprint density at radius 3 is 2.22 bits per heavy atom. The zero-order valence-corrected chi connectivity index (χ0v) is 28.3. The van der Waals surface area contributed by atoms with Crippen molar-refractivity contribution in [3.63, 3.8) is 0 Å². The number of phenolic OH excluding ortho intramolecular Hbond substituents is 1. The van der Waals surface area contributed by atoms with Gasteiger partial charge in [0.1, 0.15) is 5.75 Å². The van der Waals surface area contributed by atoms with Crippen LogP contribution in [0.3, 0.4) is 0 Å². The summed E-state index contributed by atoms with van der Waals surface area (Å²) in [7, 11) is 0. The molecule has 4 saturated carbocycles. The van der Waals surface area contributed by atoms with Gasteiger partial charge in [0.15, 0.2) is 11.4 Å². The molecule has 2 unspecified atom stereocenters. The van der Waals surface area contributed by atoms with E-state index in [0.29, 0.717) is 24.7 Å². The zero-order valence-electron chi connectivity index (χ0n) is 28.3. The highest BCUT2D eigenvalue weighted by Gasteiger charge is 2.73. The fourth-order valence-corrected chi connectivity index (χ4v) is 12.3. The lowest BCUT2D eigenvalue weighted by Crippen LogP contribution is -2.72. The lowest BCUT2D eigenvalue weighted by atomic mass is 9.32. The van der Waals surface area contributed by atoms with E-state index >= 15 is 0 Å². The maximum absolute atomic E-state index is 13.8. The highest BCUT2D eigenvalue weighted by Crippen LogP contribution is 2.76. The van der Waals surface area contributed by atoms with Crippen molar-refractivity contribution in [1.29, 1.82) is 0 Å². The van der Waals surface area contributed by atoms with E-state index in [9.17, 15) is 30.0 Å². The summed E-state index contributed by atoms with van der Waals surface area (Å²) in [6.07, 6.45) is 10.4. The number of allylic oxidation sites excluding steroid dienone is 2. The van der Waals surface area contributed by atoms with E-state index < -0.39 is 34.3 Å². The van der Waals surface area contributed by atoms with Crippen LogP contribution in [0.25, 0.3) is 6.08 Å². The van der Waals surface area contributed by atoms with Crippen LogP contribution in [0.1, 0.15) is 105 Å². The summed E-state index contributed by atoms with van der Waals surface area (Å²) in [6.45, 7) is 15.6. The van der Waals surface area contributed by atoms with Crippen molar-refractivity contribution in [1.82, 2.24) is 0 Å². The number of ketones is 1. The van der Waals surface area contributed by atoms with Gasteiger partial charge < -0.3 is 20.4 Å². The highest BCUT2D eigenvalue weighted by atomic mass is 16.4. The Kier molecular flexibility index (Phi) is 7.42. The van der Waals surface area contributed by atoms with Crippen LogP contribution >= 0.6 is 0 Å². The molecule has 0 spiro atoms. The van der Waals surface area contributed by atoms with Crippen molar-refractivity contribution in [3.05, 3.63) is 47.6 Å². The van der Waals surface area contributed by atoms with Gasteiger partial charge >= 0.3 is 5.97 Å². The highest BCUT2D eigenvalue weighted by molar-refractivity contribution is 6.01. The Bertz CT molecular complexity index is 1440. The molecule has 0 aliphatic heterocycles. The molecule has 11 atom stereocenters. The van der Waals surface area contributed by atoms with Crippen LogP contribution < -0.4 is 0 Å². The Balaban J connectivity index is 1.37. The first kappa shape index (κ1) is 32.5. The lowest BCUT2D eigenvalue weighted by molar-refractivity contribution is -0.261.